The molecule has 0 bridgehead atoms. The lowest BCUT2D eigenvalue weighted by molar-refractivity contribution is 0.0901. The van der Waals surface area contributed by atoms with E-state index in [1.165, 1.54) is 5.56 Å². The van der Waals surface area contributed by atoms with E-state index in [1.807, 2.05) is 18.2 Å². The summed E-state index contributed by atoms with van der Waals surface area (Å²) in [7, 11) is 0. The second kappa shape index (κ2) is 7.98. The Balaban J connectivity index is 1.59. The predicted molar refractivity (Wildman–Crippen MR) is 106 cm³/mol. The monoisotopic (exact) mass is 435 g/mol. The van der Waals surface area contributed by atoms with Crippen molar-refractivity contribution in [2.75, 3.05) is 18.8 Å². The molecule has 3 N–H and O–H groups in total. The third-order valence-electron chi connectivity index (χ3n) is 4.27. The fourth-order valence-corrected chi connectivity index (χ4v) is 3.87. The van der Waals surface area contributed by atoms with Crippen LogP contribution >= 0.6 is 22.6 Å². The molecule has 1 heterocycles. The largest absolute Gasteiger partial charge is 0.399 e. The van der Waals surface area contributed by atoms with Crippen LogP contribution in [0.3, 0.4) is 0 Å². The maximum Gasteiger partial charge on any atom is 0.251 e. The first-order valence-corrected chi connectivity index (χ1v) is 9.31. The van der Waals surface area contributed by atoms with Crippen molar-refractivity contribution in [1.29, 1.82) is 0 Å². The van der Waals surface area contributed by atoms with Crippen LogP contribution in [0.15, 0.2) is 48.5 Å². The topological polar surface area (TPSA) is 58.4 Å². The number of hydrogen-bond donors (Lipinski definition) is 2. The number of carbonyl (C=O) groups excluding carboxylic acids is 1. The number of nitrogen functional groups attached to an aromatic ring is 1. The summed E-state index contributed by atoms with van der Waals surface area (Å²) in [6.45, 7) is 2.90. The van der Waals surface area contributed by atoms with Crippen molar-refractivity contribution >= 4 is 34.2 Å². The Morgan fingerprint density at radius 1 is 1.25 bits per heavy atom. The van der Waals surface area contributed by atoms with E-state index in [0.717, 1.165) is 36.0 Å². The molecule has 3 rings (SSSR count). The summed E-state index contributed by atoms with van der Waals surface area (Å²) < 4.78 is 0.979. The summed E-state index contributed by atoms with van der Waals surface area (Å²) >= 11 is 2.18. The molecule has 2 aromatic rings. The quantitative estimate of drug-likeness (QED) is 0.573. The average molecular weight is 435 g/mol. The van der Waals surface area contributed by atoms with Gasteiger partial charge in [0.05, 0.1) is 0 Å². The van der Waals surface area contributed by atoms with Gasteiger partial charge in [-0.3, -0.25) is 9.69 Å². The minimum absolute atomic E-state index is 0.0354. The number of amides is 1. The molecule has 24 heavy (non-hydrogen) atoms. The molecule has 0 spiro atoms. The molecule has 0 aliphatic carbocycles. The number of rotatable bonds is 4. The van der Waals surface area contributed by atoms with Crippen molar-refractivity contribution in [3.8, 4) is 0 Å². The number of piperidine rings is 1. The summed E-state index contributed by atoms with van der Waals surface area (Å²) in [5.41, 5.74) is 8.42. The van der Waals surface area contributed by atoms with Gasteiger partial charge >= 0.3 is 0 Å². The third-order valence-corrected chi connectivity index (χ3v) is 4.89. The van der Waals surface area contributed by atoms with Gasteiger partial charge in [-0.25, -0.2) is 0 Å². The highest BCUT2D eigenvalue weighted by Crippen LogP contribution is 2.17. The molecular formula is C19H22IN3O. The second-order valence-electron chi connectivity index (χ2n) is 6.31. The lowest BCUT2D eigenvalue weighted by Gasteiger charge is -2.33. The Bertz CT molecular complexity index is 685. The van der Waals surface area contributed by atoms with E-state index in [1.54, 1.807) is 6.07 Å². The van der Waals surface area contributed by atoms with Crippen LogP contribution in [-0.2, 0) is 6.54 Å². The van der Waals surface area contributed by atoms with Gasteiger partial charge in [0, 0.05) is 34.0 Å². The van der Waals surface area contributed by atoms with Gasteiger partial charge in [-0.05, 0) is 65.7 Å². The third kappa shape index (κ3) is 4.70. The molecule has 1 aliphatic rings. The fourth-order valence-electron chi connectivity index (χ4n) is 3.17. The zero-order valence-corrected chi connectivity index (χ0v) is 15.7. The lowest BCUT2D eigenvalue weighted by atomic mass is 10.0. The number of nitrogens with zero attached hydrogens (tertiary/aromatic N) is 1. The number of likely N-dealkylation sites (tertiary alicyclic amines) is 1. The van der Waals surface area contributed by atoms with Gasteiger partial charge in [0.25, 0.3) is 5.91 Å². The van der Waals surface area contributed by atoms with Crippen LogP contribution in [0.4, 0.5) is 5.69 Å². The highest BCUT2D eigenvalue weighted by molar-refractivity contribution is 14.1. The van der Waals surface area contributed by atoms with Crippen LogP contribution in [0.2, 0.25) is 0 Å². The molecule has 1 aliphatic heterocycles. The van der Waals surface area contributed by atoms with E-state index in [9.17, 15) is 4.79 Å². The number of benzene rings is 2. The lowest BCUT2D eigenvalue weighted by Crippen LogP contribution is -2.47. The van der Waals surface area contributed by atoms with E-state index in [0.29, 0.717) is 11.3 Å². The minimum atomic E-state index is -0.0354. The first-order chi connectivity index (χ1) is 11.6. The van der Waals surface area contributed by atoms with Gasteiger partial charge in [0.15, 0.2) is 0 Å². The molecule has 2 aromatic carbocycles. The normalized spacial score (nSPS) is 18.3. The molecule has 0 radical (unpaired) electrons. The van der Waals surface area contributed by atoms with E-state index in [-0.39, 0.29) is 11.9 Å². The van der Waals surface area contributed by atoms with Crippen molar-refractivity contribution < 1.29 is 4.79 Å². The van der Waals surface area contributed by atoms with Gasteiger partial charge in [0.1, 0.15) is 0 Å². The SMILES string of the molecule is Nc1cc(I)cc(C(=O)NC2CCCN(Cc3ccccc3)C2)c1. The Labute approximate surface area is 156 Å². The molecule has 1 unspecified atom stereocenters. The molecule has 5 heteroatoms. The van der Waals surface area contributed by atoms with Gasteiger partial charge < -0.3 is 11.1 Å². The number of hydrogen-bond acceptors (Lipinski definition) is 3. The summed E-state index contributed by atoms with van der Waals surface area (Å²) in [5, 5.41) is 3.17. The number of anilines is 1. The maximum absolute atomic E-state index is 12.5. The zero-order valence-electron chi connectivity index (χ0n) is 13.5. The highest BCUT2D eigenvalue weighted by atomic mass is 127. The number of nitrogens with one attached hydrogen (secondary N) is 1. The van der Waals surface area contributed by atoms with E-state index in [4.69, 9.17) is 5.73 Å². The molecule has 1 saturated heterocycles. The number of halogens is 1. The zero-order chi connectivity index (χ0) is 16.9. The summed E-state index contributed by atoms with van der Waals surface area (Å²) in [5.74, 6) is -0.0354. The minimum Gasteiger partial charge on any atom is -0.399 e. The van der Waals surface area contributed by atoms with E-state index in [2.05, 4.69) is 57.1 Å². The molecule has 1 fully saturated rings. The number of carbonyl (C=O) groups is 1. The van der Waals surface area contributed by atoms with Crippen LogP contribution in [0.1, 0.15) is 28.8 Å². The Morgan fingerprint density at radius 3 is 2.79 bits per heavy atom. The Morgan fingerprint density at radius 2 is 2.04 bits per heavy atom. The molecule has 126 valence electrons. The summed E-state index contributed by atoms with van der Waals surface area (Å²) in [6.07, 6.45) is 2.13. The van der Waals surface area contributed by atoms with Crippen LogP contribution in [0.5, 0.6) is 0 Å². The second-order valence-corrected chi connectivity index (χ2v) is 7.55. The van der Waals surface area contributed by atoms with Gasteiger partial charge in [-0.1, -0.05) is 30.3 Å². The van der Waals surface area contributed by atoms with Gasteiger partial charge in [0.2, 0.25) is 0 Å². The first kappa shape index (κ1) is 17.2. The molecule has 1 atom stereocenters. The van der Waals surface area contributed by atoms with Crippen LogP contribution in [-0.4, -0.2) is 29.9 Å². The Hall–Kier alpha value is -1.60. The predicted octanol–water partition coefficient (Wildman–Crippen LogP) is 3.27. The molecule has 0 saturated carbocycles. The average Bonchev–Trinajstić information content (AvgIpc) is 2.55. The van der Waals surface area contributed by atoms with Gasteiger partial charge in [-0.15, -0.1) is 0 Å². The summed E-state index contributed by atoms with van der Waals surface area (Å²) in [6, 6.07) is 16.1. The van der Waals surface area contributed by atoms with Gasteiger partial charge in [-0.2, -0.15) is 0 Å². The molecule has 0 aromatic heterocycles. The molecule has 4 nitrogen and oxygen atoms in total. The van der Waals surface area contributed by atoms with E-state index < -0.39 is 0 Å². The van der Waals surface area contributed by atoms with Crippen LogP contribution in [0.25, 0.3) is 0 Å². The standard InChI is InChI=1S/C19H22IN3O/c20-16-9-15(10-17(21)11-16)19(24)22-18-7-4-8-23(13-18)12-14-5-2-1-3-6-14/h1-3,5-6,9-11,18H,4,7-8,12-13,21H2,(H,22,24). The summed E-state index contributed by atoms with van der Waals surface area (Å²) in [4.78, 5) is 14.9. The molecule has 1 amide bonds. The van der Waals surface area contributed by atoms with Crippen molar-refractivity contribution in [3.63, 3.8) is 0 Å². The fraction of sp³-hybridized carbons (Fsp3) is 0.316. The van der Waals surface area contributed by atoms with Crippen LogP contribution < -0.4 is 11.1 Å². The van der Waals surface area contributed by atoms with Crippen molar-refractivity contribution in [3.05, 3.63) is 63.2 Å². The van der Waals surface area contributed by atoms with E-state index >= 15 is 0 Å². The Kier molecular flexibility index (Phi) is 5.73. The maximum atomic E-state index is 12.5. The first-order valence-electron chi connectivity index (χ1n) is 8.23. The number of nitrogens with two attached hydrogens (primary N) is 1. The smallest absolute Gasteiger partial charge is 0.251 e. The van der Waals surface area contributed by atoms with Crippen molar-refractivity contribution in [1.82, 2.24) is 10.2 Å². The van der Waals surface area contributed by atoms with Crippen molar-refractivity contribution in [2.45, 2.75) is 25.4 Å². The highest BCUT2D eigenvalue weighted by Gasteiger charge is 2.22. The molecular weight excluding hydrogens is 413 g/mol. The van der Waals surface area contributed by atoms with Crippen LogP contribution in [0, 0.1) is 3.57 Å². The van der Waals surface area contributed by atoms with Crippen molar-refractivity contribution in [2.24, 2.45) is 0 Å².